The van der Waals surface area contributed by atoms with Crippen LogP contribution in [0.15, 0.2) is 42.5 Å². The van der Waals surface area contributed by atoms with E-state index < -0.39 is 0 Å². The van der Waals surface area contributed by atoms with Gasteiger partial charge in [0, 0.05) is 33.9 Å². The van der Waals surface area contributed by atoms with Gasteiger partial charge in [0.25, 0.3) is 0 Å². The third-order valence-electron chi connectivity index (χ3n) is 4.07. The second-order valence-corrected chi connectivity index (χ2v) is 6.07. The number of rotatable bonds is 4. The molecular formula is C18H18ClNOS. The van der Waals surface area contributed by atoms with Crippen LogP contribution in [0.2, 0.25) is 5.02 Å². The molecular weight excluding hydrogens is 314 g/mol. The zero-order valence-electron chi connectivity index (χ0n) is 12.6. The van der Waals surface area contributed by atoms with Gasteiger partial charge in [0.2, 0.25) is 0 Å². The lowest BCUT2D eigenvalue weighted by Gasteiger charge is -2.09. The number of halogens is 1. The summed E-state index contributed by atoms with van der Waals surface area (Å²) in [6, 6.07) is 14.2. The fourth-order valence-electron chi connectivity index (χ4n) is 2.83. The maximum atomic E-state index is 5.97. The molecule has 2 aromatic carbocycles. The molecule has 1 aromatic heterocycles. The Labute approximate surface area is 141 Å². The molecule has 0 N–H and O–H groups in total. The number of aromatic nitrogens is 1. The molecule has 4 heteroatoms. The van der Waals surface area contributed by atoms with Gasteiger partial charge in [-0.05, 0) is 48.4 Å². The van der Waals surface area contributed by atoms with Crippen molar-refractivity contribution in [1.29, 1.82) is 0 Å². The molecule has 114 valence electrons. The van der Waals surface area contributed by atoms with Gasteiger partial charge in [-0.1, -0.05) is 23.7 Å². The van der Waals surface area contributed by atoms with Crippen molar-refractivity contribution < 1.29 is 4.74 Å². The highest BCUT2D eigenvalue weighted by Crippen LogP contribution is 2.31. The van der Waals surface area contributed by atoms with Gasteiger partial charge >= 0.3 is 0 Å². The Hall–Kier alpha value is -1.58. The summed E-state index contributed by atoms with van der Waals surface area (Å²) in [5.74, 6) is 1.59. The van der Waals surface area contributed by atoms with Crippen LogP contribution in [0.1, 0.15) is 16.8 Å². The SMILES string of the molecule is COc1ccc2c(c1)c(CS)c(C)n2Cc1ccc(Cl)cc1. The normalized spacial score (nSPS) is 11.1. The van der Waals surface area contributed by atoms with E-state index in [1.54, 1.807) is 7.11 Å². The van der Waals surface area contributed by atoms with E-state index in [0.29, 0.717) is 5.75 Å². The van der Waals surface area contributed by atoms with E-state index in [0.717, 1.165) is 17.3 Å². The van der Waals surface area contributed by atoms with Gasteiger partial charge in [0.05, 0.1) is 7.11 Å². The van der Waals surface area contributed by atoms with Gasteiger partial charge < -0.3 is 9.30 Å². The first kappa shape index (κ1) is 15.3. The highest BCUT2D eigenvalue weighted by atomic mass is 35.5. The molecule has 0 fully saturated rings. The quantitative estimate of drug-likeness (QED) is 0.658. The number of fused-ring (bicyclic) bond motifs is 1. The molecule has 3 aromatic rings. The average molecular weight is 332 g/mol. The van der Waals surface area contributed by atoms with E-state index >= 15 is 0 Å². The first-order valence-electron chi connectivity index (χ1n) is 7.15. The number of thiol groups is 1. The molecule has 0 unspecified atom stereocenters. The first-order valence-corrected chi connectivity index (χ1v) is 8.16. The predicted molar refractivity (Wildman–Crippen MR) is 96.5 cm³/mol. The standard InChI is InChI=1S/C18H18ClNOS/c1-12-17(11-22)16-9-15(21-2)7-8-18(16)20(12)10-13-3-5-14(19)6-4-13/h3-9,22H,10-11H2,1-2H3. The van der Waals surface area contributed by atoms with Crippen molar-refractivity contribution in [1.82, 2.24) is 4.57 Å². The lowest BCUT2D eigenvalue weighted by molar-refractivity contribution is 0.415. The van der Waals surface area contributed by atoms with Gasteiger partial charge in [-0.3, -0.25) is 0 Å². The summed E-state index contributed by atoms with van der Waals surface area (Å²) in [6.45, 7) is 2.97. The molecule has 3 rings (SSSR count). The molecule has 0 bridgehead atoms. The van der Waals surface area contributed by atoms with E-state index in [4.69, 9.17) is 16.3 Å². The van der Waals surface area contributed by atoms with Crippen LogP contribution < -0.4 is 4.74 Å². The Morgan fingerprint density at radius 2 is 1.86 bits per heavy atom. The molecule has 0 radical (unpaired) electrons. The molecule has 0 aliphatic rings. The minimum absolute atomic E-state index is 0.711. The Balaban J connectivity index is 2.12. The van der Waals surface area contributed by atoms with Crippen LogP contribution in [-0.2, 0) is 12.3 Å². The first-order chi connectivity index (χ1) is 10.6. The third kappa shape index (κ3) is 2.71. The lowest BCUT2D eigenvalue weighted by Crippen LogP contribution is -2.02. The van der Waals surface area contributed by atoms with Crippen LogP contribution in [0.5, 0.6) is 5.75 Å². The van der Waals surface area contributed by atoms with Crippen LogP contribution >= 0.6 is 24.2 Å². The number of benzene rings is 2. The van der Waals surface area contributed by atoms with Gasteiger partial charge in [-0.2, -0.15) is 12.6 Å². The third-order valence-corrected chi connectivity index (χ3v) is 4.64. The molecule has 1 heterocycles. The Kier molecular flexibility index (Phi) is 4.37. The molecule has 0 spiro atoms. The summed E-state index contributed by atoms with van der Waals surface area (Å²) in [7, 11) is 1.69. The largest absolute Gasteiger partial charge is 0.497 e. The number of hydrogen-bond acceptors (Lipinski definition) is 2. The summed E-state index contributed by atoms with van der Waals surface area (Å²) >= 11 is 10.5. The topological polar surface area (TPSA) is 14.2 Å². The van der Waals surface area contributed by atoms with Gasteiger partial charge in [0.1, 0.15) is 5.75 Å². The molecule has 0 aliphatic carbocycles. The number of ether oxygens (including phenoxy) is 1. The highest BCUT2D eigenvalue weighted by molar-refractivity contribution is 7.79. The highest BCUT2D eigenvalue weighted by Gasteiger charge is 2.14. The fraction of sp³-hybridized carbons (Fsp3) is 0.222. The van der Waals surface area contributed by atoms with E-state index in [1.165, 1.54) is 27.7 Å². The van der Waals surface area contributed by atoms with E-state index in [-0.39, 0.29) is 0 Å². The van der Waals surface area contributed by atoms with Crippen molar-refractivity contribution >= 4 is 35.1 Å². The molecule has 22 heavy (non-hydrogen) atoms. The zero-order chi connectivity index (χ0) is 15.7. The second-order valence-electron chi connectivity index (χ2n) is 5.32. The molecule has 2 nitrogen and oxygen atoms in total. The van der Waals surface area contributed by atoms with Crippen LogP contribution in [0.4, 0.5) is 0 Å². The number of hydrogen-bond donors (Lipinski definition) is 1. The second kappa shape index (κ2) is 6.27. The molecule has 0 atom stereocenters. The molecule has 0 aliphatic heterocycles. The van der Waals surface area contributed by atoms with Crippen LogP contribution in [0.3, 0.4) is 0 Å². The Bertz CT molecular complexity index is 808. The van der Waals surface area contributed by atoms with Crippen molar-refractivity contribution in [2.24, 2.45) is 0 Å². The van der Waals surface area contributed by atoms with E-state index in [9.17, 15) is 0 Å². The average Bonchev–Trinajstić information content (AvgIpc) is 2.80. The minimum Gasteiger partial charge on any atom is -0.497 e. The predicted octanol–water partition coefficient (Wildman–Crippen LogP) is 5.09. The minimum atomic E-state index is 0.711. The van der Waals surface area contributed by atoms with E-state index in [1.807, 2.05) is 18.2 Å². The summed E-state index contributed by atoms with van der Waals surface area (Å²) in [5.41, 5.74) is 4.93. The Morgan fingerprint density at radius 3 is 2.50 bits per heavy atom. The maximum Gasteiger partial charge on any atom is 0.119 e. The Morgan fingerprint density at radius 1 is 1.14 bits per heavy atom. The summed E-state index contributed by atoms with van der Waals surface area (Å²) in [4.78, 5) is 0. The summed E-state index contributed by atoms with van der Waals surface area (Å²) in [5, 5.41) is 1.97. The fourth-order valence-corrected chi connectivity index (χ4v) is 3.36. The smallest absolute Gasteiger partial charge is 0.119 e. The molecule has 0 amide bonds. The number of nitrogens with zero attached hydrogens (tertiary/aromatic N) is 1. The summed E-state index contributed by atoms with van der Waals surface area (Å²) < 4.78 is 7.68. The van der Waals surface area contributed by atoms with Crippen LogP contribution in [0.25, 0.3) is 10.9 Å². The van der Waals surface area contributed by atoms with Gasteiger partial charge in [-0.25, -0.2) is 0 Å². The van der Waals surface area contributed by atoms with Crippen molar-refractivity contribution in [2.45, 2.75) is 19.2 Å². The molecule has 0 saturated carbocycles. The van der Waals surface area contributed by atoms with Crippen LogP contribution in [-0.4, -0.2) is 11.7 Å². The summed E-state index contributed by atoms with van der Waals surface area (Å²) in [6.07, 6.45) is 0. The van der Waals surface area contributed by atoms with Crippen molar-refractivity contribution in [3.8, 4) is 5.75 Å². The zero-order valence-corrected chi connectivity index (χ0v) is 14.3. The van der Waals surface area contributed by atoms with Crippen molar-refractivity contribution in [3.63, 3.8) is 0 Å². The van der Waals surface area contributed by atoms with Gasteiger partial charge in [-0.15, -0.1) is 0 Å². The molecule has 0 saturated heterocycles. The van der Waals surface area contributed by atoms with Crippen molar-refractivity contribution in [3.05, 3.63) is 64.3 Å². The van der Waals surface area contributed by atoms with E-state index in [2.05, 4.69) is 48.4 Å². The lowest BCUT2D eigenvalue weighted by atomic mass is 10.1. The monoisotopic (exact) mass is 331 g/mol. The van der Waals surface area contributed by atoms with Crippen LogP contribution in [0, 0.1) is 6.92 Å². The van der Waals surface area contributed by atoms with Crippen molar-refractivity contribution in [2.75, 3.05) is 7.11 Å². The van der Waals surface area contributed by atoms with Gasteiger partial charge in [0.15, 0.2) is 0 Å². The maximum absolute atomic E-state index is 5.97. The number of methoxy groups -OCH3 is 1.